The van der Waals surface area contributed by atoms with E-state index in [-0.39, 0.29) is 6.79 Å². The molecule has 0 N–H and O–H groups in total. The minimum absolute atomic E-state index is 0.274. The number of ether oxygens (including phenoxy) is 4. The van der Waals surface area contributed by atoms with Crippen LogP contribution in [0.5, 0.6) is 23.0 Å². The van der Waals surface area contributed by atoms with E-state index in [1.54, 1.807) is 14.2 Å². The molecule has 0 spiro atoms. The molecular formula is C22H25NO4. The predicted molar refractivity (Wildman–Crippen MR) is 103 cm³/mol. The Morgan fingerprint density at radius 2 is 2.00 bits per heavy atom. The van der Waals surface area contributed by atoms with Crippen molar-refractivity contribution in [3.8, 4) is 34.1 Å². The van der Waals surface area contributed by atoms with Crippen LogP contribution in [0.3, 0.4) is 0 Å². The van der Waals surface area contributed by atoms with Crippen LogP contribution in [-0.2, 0) is 12.8 Å². The van der Waals surface area contributed by atoms with Crippen molar-refractivity contribution in [3.05, 3.63) is 34.9 Å². The van der Waals surface area contributed by atoms with Crippen molar-refractivity contribution < 1.29 is 18.9 Å². The van der Waals surface area contributed by atoms with Gasteiger partial charge in [-0.25, -0.2) is 0 Å². The van der Waals surface area contributed by atoms with Crippen LogP contribution in [0.25, 0.3) is 11.1 Å². The fourth-order valence-corrected chi connectivity index (χ4v) is 4.95. The van der Waals surface area contributed by atoms with E-state index < -0.39 is 0 Å². The number of benzene rings is 2. The van der Waals surface area contributed by atoms with Crippen molar-refractivity contribution in [2.24, 2.45) is 0 Å². The highest BCUT2D eigenvalue weighted by Crippen LogP contribution is 2.57. The molecule has 0 aromatic heterocycles. The summed E-state index contributed by atoms with van der Waals surface area (Å²) < 4.78 is 23.1. The molecule has 0 saturated carbocycles. The third kappa shape index (κ3) is 2.34. The largest absolute Gasteiger partial charge is 0.493 e. The van der Waals surface area contributed by atoms with E-state index in [4.69, 9.17) is 18.9 Å². The van der Waals surface area contributed by atoms with Gasteiger partial charge in [0, 0.05) is 23.7 Å². The Labute approximate surface area is 159 Å². The standard InChI is InChI=1S/C22H25NO4/c1-4-8-23-9-7-14-11-17-22(27-12-26-17)20-18(14)15(23)10-13-5-6-16(24-2)21(25-3)19(13)20/h5-6,11,15H,4,7-10,12H2,1-3H3. The summed E-state index contributed by atoms with van der Waals surface area (Å²) in [6.07, 6.45) is 3.18. The summed E-state index contributed by atoms with van der Waals surface area (Å²) in [4.78, 5) is 2.62. The first-order valence-electron chi connectivity index (χ1n) is 9.70. The molecule has 2 aromatic carbocycles. The summed E-state index contributed by atoms with van der Waals surface area (Å²) in [5, 5.41) is 0. The molecule has 1 unspecified atom stereocenters. The van der Waals surface area contributed by atoms with E-state index >= 15 is 0 Å². The average molecular weight is 367 g/mol. The van der Waals surface area contributed by atoms with E-state index in [0.29, 0.717) is 6.04 Å². The molecule has 2 heterocycles. The van der Waals surface area contributed by atoms with Gasteiger partial charge in [-0.15, -0.1) is 0 Å². The molecule has 5 heteroatoms. The van der Waals surface area contributed by atoms with Crippen molar-refractivity contribution >= 4 is 0 Å². The smallest absolute Gasteiger partial charge is 0.231 e. The quantitative estimate of drug-likeness (QED) is 0.818. The second kappa shape index (κ2) is 6.34. The van der Waals surface area contributed by atoms with Crippen molar-refractivity contribution in [2.75, 3.05) is 34.1 Å². The average Bonchev–Trinajstić information content (AvgIpc) is 3.17. The Balaban J connectivity index is 1.82. The highest BCUT2D eigenvalue weighted by atomic mass is 16.7. The summed E-state index contributed by atoms with van der Waals surface area (Å²) >= 11 is 0. The molecule has 0 radical (unpaired) electrons. The maximum Gasteiger partial charge on any atom is 0.231 e. The Morgan fingerprint density at radius 1 is 1.11 bits per heavy atom. The van der Waals surface area contributed by atoms with E-state index in [1.807, 2.05) is 6.07 Å². The fourth-order valence-electron chi connectivity index (χ4n) is 4.95. The zero-order valence-electron chi connectivity index (χ0n) is 16.1. The molecule has 0 bridgehead atoms. The van der Waals surface area contributed by atoms with Gasteiger partial charge >= 0.3 is 0 Å². The van der Waals surface area contributed by atoms with Crippen LogP contribution in [-0.4, -0.2) is 39.0 Å². The zero-order valence-corrected chi connectivity index (χ0v) is 16.1. The van der Waals surface area contributed by atoms with Crippen LogP contribution >= 0.6 is 0 Å². The summed E-state index contributed by atoms with van der Waals surface area (Å²) in [7, 11) is 3.39. The van der Waals surface area contributed by atoms with Crippen molar-refractivity contribution in [3.63, 3.8) is 0 Å². The topological polar surface area (TPSA) is 40.2 Å². The van der Waals surface area contributed by atoms with Gasteiger partial charge < -0.3 is 18.9 Å². The Hall–Kier alpha value is -2.40. The third-order valence-corrected chi connectivity index (χ3v) is 6.04. The molecule has 2 aliphatic heterocycles. The highest BCUT2D eigenvalue weighted by Gasteiger charge is 2.40. The van der Waals surface area contributed by atoms with E-state index in [2.05, 4.69) is 24.0 Å². The van der Waals surface area contributed by atoms with Crippen molar-refractivity contribution in [1.29, 1.82) is 0 Å². The first-order valence-corrected chi connectivity index (χ1v) is 9.70. The first kappa shape index (κ1) is 16.8. The molecule has 5 nitrogen and oxygen atoms in total. The minimum Gasteiger partial charge on any atom is -0.493 e. The maximum atomic E-state index is 5.96. The van der Waals surface area contributed by atoms with E-state index in [0.717, 1.165) is 66.5 Å². The van der Waals surface area contributed by atoms with Gasteiger partial charge in [-0.2, -0.15) is 0 Å². The lowest BCUT2D eigenvalue weighted by Crippen LogP contribution is -2.39. The number of nitrogens with zero attached hydrogens (tertiary/aromatic N) is 1. The third-order valence-electron chi connectivity index (χ3n) is 6.04. The van der Waals surface area contributed by atoms with Gasteiger partial charge in [0.15, 0.2) is 23.0 Å². The van der Waals surface area contributed by atoms with Crippen LogP contribution in [0, 0.1) is 0 Å². The van der Waals surface area contributed by atoms with Gasteiger partial charge in [0.1, 0.15) is 0 Å². The Kier molecular flexibility index (Phi) is 3.93. The van der Waals surface area contributed by atoms with Gasteiger partial charge in [0.05, 0.1) is 14.2 Å². The van der Waals surface area contributed by atoms with Gasteiger partial charge in [0.25, 0.3) is 0 Å². The lowest BCUT2D eigenvalue weighted by molar-refractivity contribution is 0.173. The molecule has 3 aliphatic rings. The Morgan fingerprint density at radius 3 is 2.78 bits per heavy atom. The maximum absolute atomic E-state index is 5.96. The molecule has 1 aliphatic carbocycles. The van der Waals surface area contributed by atoms with Gasteiger partial charge in [-0.05, 0) is 54.6 Å². The lowest BCUT2D eigenvalue weighted by atomic mass is 9.76. The first-order chi connectivity index (χ1) is 13.3. The molecule has 27 heavy (non-hydrogen) atoms. The normalized spacial score (nSPS) is 19.4. The lowest BCUT2D eigenvalue weighted by Gasteiger charge is -2.42. The fraction of sp³-hybridized carbons (Fsp3) is 0.455. The number of rotatable bonds is 4. The predicted octanol–water partition coefficient (Wildman–Crippen LogP) is 3.96. The Bertz CT molecular complexity index is 908. The summed E-state index contributed by atoms with van der Waals surface area (Å²) in [5.41, 5.74) is 6.29. The number of fused-ring (bicyclic) bond motifs is 4. The molecule has 5 rings (SSSR count). The van der Waals surface area contributed by atoms with E-state index in [9.17, 15) is 0 Å². The van der Waals surface area contributed by atoms with Crippen molar-refractivity contribution in [1.82, 2.24) is 4.90 Å². The van der Waals surface area contributed by atoms with Crippen LogP contribution in [0.1, 0.15) is 36.1 Å². The zero-order chi connectivity index (χ0) is 18.5. The SMILES string of the molecule is CCCN1CCc2cc3c(c4c2C1Cc1ccc(OC)c(OC)c1-4)OCO3. The van der Waals surface area contributed by atoms with Gasteiger partial charge in [-0.3, -0.25) is 4.90 Å². The summed E-state index contributed by atoms with van der Waals surface area (Å²) in [5.74, 6) is 3.24. The number of methoxy groups -OCH3 is 2. The minimum atomic E-state index is 0.274. The molecule has 0 amide bonds. The number of hydrogen-bond donors (Lipinski definition) is 0. The van der Waals surface area contributed by atoms with Gasteiger partial charge in [-0.1, -0.05) is 13.0 Å². The second-order valence-electron chi connectivity index (χ2n) is 7.40. The number of hydrogen-bond acceptors (Lipinski definition) is 5. The highest BCUT2D eigenvalue weighted by molar-refractivity contribution is 5.88. The van der Waals surface area contributed by atoms with E-state index in [1.165, 1.54) is 16.7 Å². The van der Waals surface area contributed by atoms with Crippen molar-refractivity contribution in [2.45, 2.75) is 32.2 Å². The van der Waals surface area contributed by atoms with Crippen LogP contribution < -0.4 is 18.9 Å². The molecule has 1 atom stereocenters. The molecule has 142 valence electrons. The molecule has 0 saturated heterocycles. The van der Waals surface area contributed by atoms with Gasteiger partial charge in [0.2, 0.25) is 6.79 Å². The van der Waals surface area contributed by atoms with Crippen LogP contribution in [0.15, 0.2) is 18.2 Å². The van der Waals surface area contributed by atoms with Crippen LogP contribution in [0.2, 0.25) is 0 Å². The monoisotopic (exact) mass is 367 g/mol. The summed E-state index contributed by atoms with van der Waals surface area (Å²) in [6.45, 7) is 4.73. The summed E-state index contributed by atoms with van der Waals surface area (Å²) in [6, 6.07) is 6.75. The van der Waals surface area contributed by atoms with Crippen LogP contribution in [0.4, 0.5) is 0 Å². The molecular weight excluding hydrogens is 342 g/mol. The molecule has 2 aromatic rings. The second-order valence-corrected chi connectivity index (χ2v) is 7.40. The molecule has 0 fully saturated rings.